The highest BCUT2D eigenvalue weighted by atomic mass is 16.2. The summed E-state index contributed by atoms with van der Waals surface area (Å²) in [5.74, 6) is 0.294. The second-order valence-electron chi connectivity index (χ2n) is 7.02. The Bertz CT molecular complexity index is 514. The number of carbonyl (C=O) groups excluding carboxylic acids is 1. The molecular weight excluding hydrogens is 298 g/mol. The minimum Gasteiger partial charge on any atom is -0.338 e. The molecule has 0 aromatic heterocycles. The molecule has 0 spiro atoms. The first-order valence-corrected chi connectivity index (χ1v) is 9.62. The van der Waals surface area contributed by atoms with Gasteiger partial charge in [0.1, 0.15) is 6.04 Å². The van der Waals surface area contributed by atoms with E-state index in [9.17, 15) is 4.79 Å². The smallest absolute Gasteiger partial charge is 0.244 e. The molecule has 1 aromatic rings. The van der Waals surface area contributed by atoms with Crippen LogP contribution < -0.4 is 5.32 Å². The standard InChI is InChI=1S/C20H31N3O/c1-2-17-7-9-18(10-8-17)19(22-13-5-3-4-6-14-22)20(24)23-15-11-21-12-16-23/h7-10,19,21H,2-6,11-16H2,1H3. The fourth-order valence-electron chi connectivity index (χ4n) is 3.86. The number of benzene rings is 1. The summed E-state index contributed by atoms with van der Waals surface area (Å²) in [5.41, 5.74) is 2.50. The van der Waals surface area contributed by atoms with Crippen LogP contribution in [-0.4, -0.2) is 55.0 Å². The molecule has 0 saturated carbocycles. The number of piperazine rings is 1. The van der Waals surface area contributed by atoms with Crippen molar-refractivity contribution in [2.75, 3.05) is 39.3 Å². The molecule has 0 aliphatic carbocycles. The SMILES string of the molecule is CCc1ccc(C(C(=O)N2CCNCC2)N2CCCCCC2)cc1. The van der Waals surface area contributed by atoms with Crippen LogP contribution in [0.3, 0.4) is 0 Å². The Morgan fingerprint density at radius 1 is 1.00 bits per heavy atom. The van der Waals surface area contributed by atoms with Crippen LogP contribution in [0.1, 0.15) is 49.8 Å². The highest BCUT2D eigenvalue weighted by Crippen LogP contribution is 2.27. The minimum atomic E-state index is -0.105. The third-order valence-corrected chi connectivity index (χ3v) is 5.37. The Hall–Kier alpha value is -1.39. The van der Waals surface area contributed by atoms with Gasteiger partial charge in [-0.15, -0.1) is 0 Å². The van der Waals surface area contributed by atoms with Crippen molar-refractivity contribution in [2.45, 2.75) is 45.1 Å². The van der Waals surface area contributed by atoms with Gasteiger partial charge in [-0.25, -0.2) is 0 Å². The Balaban J connectivity index is 1.84. The van der Waals surface area contributed by atoms with Crippen LogP contribution >= 0.6 is 0 Å². The lowest BCUT2D eigenvalue weighted by molar-refractivity contribution is -0.138. The molecule has 0 radical (unpaired) electrons. The fraction of sp³-hybridized carbons (Fsp3) is 0.650. The summed E-state index contributed by atoms with van der Waals surface area (Å²) in [6, 6.07) is 8.62. The van der Waals surface area contributed by atoms with E-state index < -0.39 is 0 Å². The van der Waals surface area contributed by atoms with E-state index in [1.165, 1.54) is 31.2 Å². The third kappa shape index (κ3) is 4.17. The molecule has 2 saturated heterocycles. The summed E-state index contributed by atoms with van der Waals surface area (Å²) in [7, 11) is 0. The molecule has 4 heteroatoms. The minimum absolute atomic E-state index is 0.105. The predicted molar refractivity (Wildman–Crippen MR) is 98.1 cm³/mol. The number of likely N-dealkylation sites (tertiary alicyclic amines) is 1. The van der Waals surface area contributed by atoms with E-state index in [0.29, 0.717) is 5.91 Å². The Kier molecular flexibility index (Phi) is 6.27. The quantitative estimate of drug-likeness (QED) is 0.922. The van der Waals surface area contributed by atoms with Crippen molar-refractivity contribution in [3.8, 4) is 0 Å². The van der Waals surface area contributed by atoms with Crippen molar-refractivity contribution in [1.82, 2.24) is 15.1 Å². The number of nitrogens with zero attached hydrogens (tertiary/aromatic N) is 2. The Morgan fingerprint density at radius 2 is 1.62 bits per heavy atom. The van der Waals surface area contributed by atoms with Gasteiger partial charge in [-0.05, 0) is 43.5 Å². The molecule has 1 amide bonds. The van der Waals surface area contributed by atoms with Gasteiger partial charge >= 0.3 is 0 Å². The second kappa shape index (κ2) is 8.63. The van der Waals surface area contributed by atoms with Crippen LogP contribution in [0.15, 0.2) is 24.3 Å². The molecule has 2 aliphatic rings. The van der Waals surface area contributed by atoms with Crippen LogP contribution in [0.5, 0.6) is 0 Å². The van der Waals surface area contributed by atoms with Crippen LogP contribution in [0.4, 0.5) is 0 Å². The number of amides is 1. The topological polar surface area (TPSA) is 35.6 Å². The summed E-state index contributed by atoms with van der Waals surface area (Å²) < 4.78 is 0. The largest absolute Gasteiger partial charge is 0.338 e. The van der Waals surface area contributed by atoms with E-state index in [1.54, 1.807) is 0 Å². The average molecular weight is 329 g/mol. The fourth-order valence-corrected chi connectivity index (χ4v) is 3.86. The second-order valence-corrected chi connectivity index (χ2v) is 7.02. The van der Waals surface area contributed by atoms with Gasteiger partial charge in [-0.1, -0.05) is 44.0 Å². The van der Waals surface area contributed by atoms with Crippen molar-refractivity contribution in [3.63, 3.8) is 0 Å². The van der Waals surface area contributed by atoms with E-state index in [4.69, 9.17) is 0 Å². The third-order valence-electron chi connectivity index (χ3n) is 5.37. The molecule has 2 fully saturated rings. The number of carbonyl (C=O) groups is 1. The van der Waals surface area contributed by atoms with Crippen LogP contribution in [0, 0.1) is 0 Å². The molecule has 0 bridgehead atoms. The van der Waals surface area contributed by atoms with Crippen LogP contribution in [0.2, 0.25) is 0 Å². The first-order chi connectivity index (χ1) is 11.8. The van der Waals surface area contributed by atoms with E-state index in [1.807, 2.05) is 0 Å². The Morgan fingerprint density at radius 3 is 2.21 bits per heavy atom. The van der Waals surface area contributed by atoms with Crippen molar-refractivity contribution in [1.29, 1.82) is 0 Å². The van der Waals surface area contributed by atoms with Gasteiger partial charge in [-0.3, -0.25) is 9.69 Å². The van der Waals surface area contributed by atoms with Gasteiger partial charge in [0.15, 0.2) is 0 Å². The average Bonchev–Trinajstić information content (AvgIpc) is 2.92. The zero-order valence-electron chi connectivity index (χ0n) is 15.0. The van der Waals surface area contributed by atoms with E-state index in [-0.39, 0.29) is 6.04 Å². The predicted octanol–water partition coefficient (Wildman–Crippen LogP) is 2.60. The van der Waals surface area contributed by atoms with Crippen LogP contribution in [0.25, 0.3) is 0 Å². The Labute approximate surface area is 146 Å². The van der Waals surface area contributed by atoms with Gasteiger partial charge in [0.05, 0.1) is 0 Å². The zero-order chi connectivity index (χ0) is 16.8. The molecule has 2 aliphatic heterocycles. The van der Waals surface area contributed by atoms with E-state index >= 15 is 0 Å². The monoisotopic (exact) mass is 329 g/mol. The maximum atomic E-state index is 13.3. The van der Waals surface area contributed by atoms with Gasteiger partial charge < -0.3 is 10.2 Å². The zero-order valence-corrected chi connectivity index (χ0v) is 15.0. The summed E-state index contributed by atoms with van der Waals surface area (Å²) in [6.07, 6.45) is 6.04. The summed E-state index contributed by atoms with van der Waals surface area (Å²) in [6.45, 7) is 7.73. The molecule has 1 unspecified atom stereocenters. The van der Waals surface area contributed by atoms with E-state index in [2.05, 4.69) is 46.3 Å². The highest BCUT2D eigenvalue weighted by Gasteiger charge is 2.32. The molecule has 24 heavy (non-hydrogen) atoms. The lowest BCUT2D eigenvalue weighted by atomic mass is 10.0. The molecule has 1 atom stereocenters. The van der Waals surface area contributed by atoms with Crippen molar-refractivity contribution in [2.24, 2.45) is 0 Å². The first-order valence-electron chi connectivity index (χ1n) is 9.62. The molecular formula is C20H31N3O. The highest BCUT2D eigenvalue weighted by molar-refractivity contribution is 5.83. The number of hydrogen-bond donors (Lipinski definition) is 1. The molecule has 132 valence electrons. The molecule has 1 aromatic carbocycles. The lowest BCUT2D eigenvalue weighted by Gasteiger charge is -2.36. The van der Waals surface area contributed by atoms with Gasteiger partial charge in [-0.2, -0.15) is 0 Å². The number of hydrogen-bond acceptors (Lipinski definition) is 3. The summed E-state index contributed by atoms with van der Waals surface area (Å²) in [4.78, 5) is 17.8. The lowest BCUT2D eigenvalue weighted by Crippen LogP contribution is -2.51. The van der Waals surface area contributed by atoms with E-state index in [0.717, 1.165) is 51.3 Å². The van der Waals surface area contributed by atoms with Crippen molar-refractivity contribution < 1.29 is 4.79 Å². The maximum Gasteiger partial charge on any atom is 0.244 e. The number of aryl methyl sites for hydroxylation is 1. The van der Waals surface area contributed by atoms with Gasteiger partial charge in [0.2, 0.25) is 5.91 Å². The molecule has 2 heterocycles. The van der Waals surface area contributed by atoms with Gasteiger partial charge in [0, 0.05) is 26.2 Å². The molecule has 3 rings (SSSR count). The normalized spacial score (nSPS) is 21.3. The molecule has 4 nitrogen and oxygen atoms in total. The molecule has 1 N–H and O–H groups in total. The first kappa shape index (κ1) is 17.4. The van der Waals surface area contributed by atoms with Crippen molar-refractivity contribution in [3.05, 3.63) is 35.4 Å². The number of nitrogens with one attached hydrogen (secondary N) is 1. The van der Waals surface area contributed by atoms with Gasteiger partial charge in [0.25, 0.3) is 0 Å². The summed E-state index contributed by atoms with van der Waals surface area (Å²) >= 11 is 0. The maximum absolute atomic E-state index is 13.3. The number of rotatable bonds is 4. The van der Waals surface area contributed by atoms with Crippen molar-refractivity contribution >= 4 is 5.91 Å². The summed E-state index contributed by atoms with van der Waals surface area (Å²) in [5, 5.41) is 3.35. The van der Waals surface area contributed by atoms with Crippen LogP contribution in [-0.2, 0) is 11.2 Å².